The van der Waals surface area contributed by atoms with Crippen molar-refractivity contribution in [2.75, 3.05) is 24.5 Å². The zero-order valence-corrected chi connectivity index (χ0v) is 13.4. The minimum absolute atomic E-state index is 0.169. The first-order valence-electron chi connectivity index (χ1n) is 8.36. The molecule has 1 saturated heterocycles. The van der Waals surface area contributed by atoms with Gasteiger partial charge >= 0.3 is 0 Å². The second-order valence-electron chi connectivity index (χ2n) is 5.92. The van der Waals surface area contributed by atoms with Crippen LogP contribution in [0, 0.1) is 5.92 Å². The second kappa shape index (κ2) is 8.06. The standard InChI is InChI=1S/C18H28N2O/c1-3-16(4-2)18(21)19-12-11-15-7-9-17(10-8-15)20-13-5-6-14-20/h7-10,16H,3-6,11-14H2,1-2H3,(H,19,21). The van der Waals surface area contributed by atoms with Gasteiger partial charge in [0.2, 0.25) is 5.91 Å². The molecular formula is C18H28N2O. The number of hydrogen-bond acceptors (Lipinski definition) is 2. The third-order valence-electron chi connectivity index (χ3n) is 4.48. The van der Waals surface area contributed by atoms with Crippen LogP contribution < -0.4 is 10.2 Å². The Labute approximate surface area is 128 Å². The molecule has 0 radical (unpaired) electrons. The molecule has 1 N–H and O–H groups in total. The summed E-state index contributed by atoms with van der Waals surface area (Å²) in [5, 5.41) is 3.05. The topological polar surface area (TPSA) is 32.3 Å². The van der Waals surface area contributed by atoms with Crippen LogP contribution >= 0.6 is 0 Å². The number of carbonyl (C=O) groups is 1. The van der Waals surface area contributed by atoms with Gasteiger partial charge in [-0.2, -0.15) is 0 Å². The van der Waals surface area contributed by atoms with Crippen LogP contribution in [-0.2, 0) is 11.2 Å². The summed E-state index contributed by atoms with van der Waals surface area (Å²) in [6.07, 6.45) is 5.37. The fraction of sp³-hybridized carbons (Fsp3) is 0.611. The molecule has 1 aromatic rings. The summed E-state index contributed by atoms with van der Waals surface area (Å²) in [7, 11) is 0. The quantitative estimate of drug-likeness (QED) is 0.834. The van der Waals surface area contributed by atoms with Crippen LogP contribution in [0.3, 0.4) is 0 Å². The van der Waals surface area contributed by atoms with E-state index in [2.05, 4.69) is 48.3 Å². The Morgan fingerprint density at radius 3 is 2.33 bits per heavy atom. The highest BCUT2D eigenvalue weighted by atomic mass is 16.1. The average Bonchev–Trinajstić information content (AvgIpc) is 3.03. The van der Waals surface area contributed by atoms with Crippen molar-refractivity contribution in [3.8, 4) is 0 Å². The van der Waals surface area contributed by atoms with Crippen molar-refractivity contribution in [2.45, 2.75) is 46.0 Å². The molecular weight excluding hydrogens is 260 g/mol. The maximum absolute atomic E-state index is 11.9. The van der Waals surface area contributed by atoms with Gasteiger partial charge in [-0.3, -0.25) is 4.79 Å². The number of nitrogens with one attached hydrogen (secondary N) is 1. The molecule has 0 saturated carbocycles. The Bertz CT molecular complexity index is 431. The van der Waals surface area contributed by atoms with Crippen LogP contribution in [0.1, 0.15) is 45.1 Å². The molecule has 2 rings (SSSR count). The van der Waals surface area contributed by atoms with Crippen LogP contribution in [-0.4, -0.2) is 25.5 Å². The highest BCUT2D eigenvalue weighted by Crippen LogP contribution is 2.20. The van der Waals surface area contributed by atoms with E-state index in [0.717, 1.165) is 25.8 Å². The number of nitrogens with zero attached hydrogens (tertiary/aromatic N) is 1. The molecule has 1 aliphatic rings. The molecule has 0 spiro atoms. The van der Waals surface area contributed by atoms with E-state index in [-0.39, 0.29) is 11.8 Å². The predicted molar refractivity (Wildman–Crippen MR) is 88.7 cm³/mol. The summed E-state index contributed by atoms with van der Waals surface area (Å²) in [4.78, 5) is 14.3. The number of anilines is 1. The normalized spacial score (nSPS) is 14.7. The van der Waals surface area contributed by atoms with Crippen LogP contribution in [0.2, 0.25) is 0 Å². The van der Waals surface area contributed by atoms with Gasteiger partial charge in [-0.25, -0.2) is 0 Å². The lowest BCUT2D eigenvalue weighted by Crippen LogP contribution is -2.31. The predicted octanol–water partition coefficient (Wildman–Crippen LogP) is 3.38. The molecule has 1 fully saturated rings. The lowest BCUT2D eigenvalue weighted by Gasteiger charge is -2.18. The first kappa shape index (κ1) is 15.9. The van der Waals surface area contributed by atoms with E-state index >= 15 is 0 Å². The zero-order chi connectivity index (χ0) is 15.1. The first-order chi connectivity index (χ1) is 10.2. The molecule has 3 nitrogen and oxygen atoms in total. The van der Waals surface area contributed by atoms with Gasteiger partial charge in [0.1, 0.15) is 0 Å². The second-order valence-corrected chi connectivity index (χ2v) is 5.92. The molecule has 3 heteroatoms. The SMILES string of the molecule is CCC(CC)C(=O)NCCc1ccc(N2CCCC2)cc1. The first-order valence-corrected chi connectivity index (χ1v) is 8.36. The lowest BCUT2D eigenvalue weighted by atomic mass is 10.0. The third kappa shape index (κ3) is 4.48. The van der Waals surface area contributed by atoms with Gasteiger partial charge in [0.05, 0.1) is 0 Å². The van der Waals surface area contributed by atoms with Crippen LogP contribution in [0.4, 0.5) is 5.69 Å². The van der Waals surface area contributed by atoms with Gasteiger partial charge in [-0.15, -0.1) is 0 Å². The fourth-order valence-electron chi connectivity index (χ4n) is 2.98. The molecule has 21 heavy (non-hydrogen) atoms. The Kier molecular flexibility index (Phi) is 6.09. The Balaban J connectivity index is 1.77. The van der Waals surface area contributed by atoms with Gasteiger partial charge in [0.15, 0.2) is 0 Å². The van der Waals surface area contributed by atoms with Crippen molar-refractivity contribution in [3.63, 3.8) is 0 Å². The molecule has 0 bridgehead atoms. The van der Waals surface area contributed by atoms with Crippen LogP contribution in [0.5, 0.6) is 0 Å². The fourth-order valence-corrected chi connectivity index (χ4v) is 2.98. The van der Waals surface area contributed by atoms with E-state index in [0.29, 0.717) is 0 Å². The van der Waals surface area contributed by atoms with Gasteiger partial charge < -0.3 is 10.2 Å². The zero-order valence-electron chi connectivity index (χ0n) is 13.4. The van der Waals surface area contributed by atoms with Crippen LogP contribution in [0.25, 0.3) is 0 Å². The van der Waals surface area contributed by atoms with E-state index in [1.165, 1.54) is 37.2 Å². The highest BCUT2D eigenvalue weighted by molar-refractivity contribution is 5.78. The van der Waals surface area contributed by atoms with Crippen molar-refractivity contribution in [1.29, 1.82) is 0 Å². The Morgan fingerprint density at radius 1 is 1.14 bits per heavy atom. The van der Waals surface area contributed by atoms with Crippen molar-refractivity contribution < 1.29 is 4.79 Å². The van der Waals surface area contributed by atoms with E-state index in [4.69, 9.17) is 0 Å². The number of benzene rings is 1. The smallest absolute Gasteiger partial charge is 0.223 e. The van der Waals surface area contributed by atoms with E-state index in [9.17, 15) is 4.79 Å². The summed E-state index contributed by atoms with van der Waals surface area (Å²) in [5.74, 6) is 0.372. The molecule has 116 valence electrons. The van der Waals surface area contributed by atoms with Gasteiger partial charge in [-0.05, 0) is 49.8 Å². The molecule has 1 aliphatic heterocycles. The minimum atomic E-state index is 0.169. The molecule has 1 heterocycles. The van der Waals surface area contributed by atoms with E-state index in [1.807, 2.05) is 0 Å². The van der Waals surface area contributed by atoms with Crippen molar-refractivity contribution >= 4 is 11.6 Å². The summed E-state index contributed by atoms with van der Waals surface area (Å²) in [5.41, 5.74) is 2.63. The van der Waals surface area contributed by atoms with E-state index in [1.54, 1.807) is 0 Å². The maximum atomic E-state index is 11.9. The number of amides is 1. The Morgan fingerprint density at radius 2 is 1.76 bits per heavy atom. The number of rotatable bonds is 7. The summed E-state index contributed by atoms with van der Waals surface area (Å²) >= 11 is 0. The average molecular weight is 288 g/mol. The number of hydrogen-bond donors (Lipinski definition) is 1. The van der Waals surface area contributed by atoms with Crippen molar-refractivity contribution in [2.24, 2.45) is 5.92 Å². The minimum Gasteiger partial charge on any atom is -0.372 e. The molecule has 0 aromatic heterocycles. The summed E-state index contributed by atoms with van der Waals surface area (Å²) in [6, 6.07) is 8.81. The Hall–Kier alpha value is -1.51. The lowest BCUT2D eigenvalue weighted by molar-refractivity contribution is -0.125. The van der Waals surface area contributed by atoms with E-state index < -0.39 is 0 Å². The molecule has 1 amide bonds. The molecule has 0 atom stereocenters. The molecule has 0 aliphatic carbocycles. The van der Waals surface area contributed by atoms with Gasteiger partial charge in [0.25, 0.3) is 0 Å². The monoisotopic (exact) mass is 288 g/mol. The summed E-state index contributed by atoms with van der Waals surface area (Å²) in [6.45, 7) is 7.25. The molecule has 0 unspecified atom stereocenters. The van der Waals surface area contributed by atoms with Gasteiger partial charge in [0, 0.05) is 31.2 Å². The largest absolute Gasteiger partial charge is 0.372 e. The maximum Gasteiger partial charge on any atom is 0.223 e. The van der Waals surface area contributed by atoms with Crippen molar-refractivity contribution in [3.05, 3.63) is 29.8 Å². The third-order valence-corrected chi connectivity index (χ3v) is 4.48. The summed E-state index contributed by atoms with van der Waals surface area (Å²) < 4.78 is 0. The highest BCUT2D eigenvalue weighted by Gasteiger charge is 2.13. The van der Waals surface area contributed by atoms with Crippen molar-refractivity contribution in [1.82, 2.24) is 5.32 Å². The molecule has 1 aromatic carbocycles. The van der Waals surface area contributed by atoms with Crippen LogP contribution in [0.15, 0.2) is 24.3 Å². The number of carbonyl (C=O) groups excluding carboxylic acids is 1. The van der Waals surface area contributed by atoms with Gasteiger partial charge in [-0.1, -0.05) is 26.0 Å².